The van der Waals surface area contributed by atoms with Gasteiger partial charge in [-0.15, -0.1) is 0 Å². The first-order valence-corrected chi connectivity index (χ1v) is 13.3. The molecule has 1 saturated heterocycles. The number of aliphatic hydroxyl groups is 1. The van der Waals surface area contributed by atoms with Crippen LogP contribution in [0.4, 0.5) is 5.69 Å². The molecule has 1 fully saturated rings. The molecule has 0 atom stereocenters. The molecule has 3 aromatic rings. The maximum absolute atomic E-state index is 13.0. The van der Waals surface area contributed by atoms with E-state index in [9.17, 15) is 18.3 Å². The number of likely N-dealkylation sites (tertiary alicyclic amines) is 1. The van der Waals surface area contributed by atoms with E-state index in [0.29, 0.717) is 59.7 Å². The van der Waals surface area contributed by atoms with E-state index in [0.717, 1.165) is 0 Å². The van der Waals surface area contributed by atoms with Gasteiger partial charge in [0.25, 0.3) is 15.9 Å². The lowest BCUT2D eigenvalue weighted by atomic mass is 9.83. The number of nitrogens with two attached hydrogens (primary N) is 1. The van der Waals surface area contributed by atoms with Gasteiger partial charge in [0.15, 0.2) is 0 Å². The zero-order valence-corrected chi connectivity index (χ0v) is 21.5. The van der Waals surface area contributed by atoms with Crippen molar-refractivity contribution in [1.29, 1.82) is 5.41 Å². The number of piperidine rings is 1. The minimum atomic E-state index is -3.93. The van der Waals surface area contributed by atoms with Crippen LogP contribution in [-0.2, 0) is 10.0 Å². The molecule has 1 aromatic heterocycles. The van der Waals surface area contributed by atoms with Gasteiger partial charge in [0.2, 0.25) is 0 Å². The molecule has 1 amide bonds. The topological polar surface area (TPSA) is 162 Å². The Morgan fingerprint density at radius 3 is 2.38 bits per heavy atom. The number of hydrogen-bond acceptors (Lipinski definition) is 8. The molecule has 0 bridgehead atoms. The summed E-state index contributed by atoms with van der Waals surface area (Å²) in [6.07, 6.45) is 3.96. The van der Waals surface area contributed by atoms with Crippen LogP contribution in [0.5, 0.6) is 0 Å². The summed E-state index contributed by atoms with van der Waals surface area (Å²) in [6, 6.07) is 11.0. The van der Waals surface area contributed by atoms with Gasteiger partial charge >= 0.3 is 0 Å². The van der Waals surface area contributed by atoms with E-state index in [2.05, 4.69) is 14.7 Å². The van der Waals surface area contributed by atoms with E-state index in [1.165, 1.54) is 30.6 Å². The zero-order valence-electron chi connectivity index (χ0n) is 20.7. The lowest BCUT2D eigenvalue weighted by Gasteiger charge is -2.39. The second-order valence-corrected chi connectivity index (χ2v) is 11.0. The molecule has 5 N–H and O–H groups in total. The highest BCUT2D eigenvalue weighted by atomic mass is 32.2. The number of anilines is 1. The molecule has 11 heteroatoms. The third-order valence-electron chi connectivity index (χ3n) is 6.55. The number of para-hydroxylation sites is 1. The molecule has 2 aromatic carbocycles. The molecular weight excluding hydrogens is 492 g/mol. The largest absolute Gasteiger partial charge is 0.402 e. The molecule has 0 unspecified atom stereocenters. The Balaban J connectivity index is 1.42. The number of fused-ring (bicyclic) bond motifs is 1. The van der Waals surface area contributed by atoms with Crippen LogP contribution < -0.4 is 10.5 Å². The van der Waals surface area contributed by atoms with Crippen LogP contribution in [0.15, 0.2) is 71.0 Å². The van der Waals surface area contributed by atoms with Crippen molar-refractivity contribution in [2.75, 3.05) is 17.8 Å². The maximum Gasteiger partial charge on any atom is 0.264 e. The van der Waals surface area contributed by atoms with Crippen LogP contribution in [0.1, 0.15) is 43.5 Å². The highest BCUT2D eigenvalue weighted by Crippen LogP contribution is 2.31. The minimum Gasteiger partial charge on any atom is -0.402 e. The quantitative estimate of drug-likeness (QED) is 0.347. The maximum atomic E-state index is 13.0. The lowest BCUT2D eigenvalue weighted by molar-refractivity contribution is -0.0154. The minimum absolute atomic E-state index is 0.0140. The van der Waals surface area contributed by atoms with E-state index in [-0.39, 0.29) is 22.7 Å². The average Bonchev–Trinajstić information content (AvgIpc) is 2.87. The summed E-state index contributed by atoms with van der Waals surface area (Å²) >= 11 is 0. The van der Waals surface area contributed by atoms with E-state index in [4.69, 9.17) is 11.1 Å². The second-order valence-electron chi connectivity index (χ2n) is 9.34. The summed E-state index contributed by atoms with van der Waals surface area (Å²) in [4.78, 5) is 23.0. The van der Waals surface area contributed by atoms with Gasteiger partial charge in [-0.1, -0.05) is 6.07 Å². The Morgan fingerprint density at radius 2 is 1.76 bits per heavy atom. The fourth-order valence-corrected chi connectivity index (χ4v) is 5.68. The number of nitrogens with zero attached hydrogens (tertiary/aromatic N) is 3. The number of carbonyl (C=O) groups excluding carboxylic acids is 1. The van der Waals surface area contributed by atoms with Gasteiger partial charge in [-0.25, -0.2) is 8.42 Å². The van der Waals surface area contributed by atoms with Gasteiger partial charge < -0.3 is 21.1 Å². The molecule has 4 rings (SSSR count). The van der Waals surface area contributed by atoms with Crippen molar-refractivity contribution < 1.29 is 18.3 Å². The molecule has 10 nitrogen and oxygen atoms in total. The summed E-state index contributed by atoms with van der Waals surface area (Å²) in [5.41, 5.74) is 7.81. The number of hydrogen-bond donors (Lipinski definition) is 4. The summed E-state index contributed by atoms with van der Waals surface area (Å²) in [7, 11) is -3.93. The first-order chi connectivity index (χ1) is 17.5. The Labute approximate surface area is 215 Å². The second kappa shape index (κ2) is 10.3. The van der Waals surface area contributed by atoms with Crippen molar-refractivity contribution in [1.82, 2.24) is 14.9 Å². The molecule has 0 aliphatic carbocycles. The summed E-state index contributed by atoms with van der Waals surface area (Å²) in [5, 5.41) is 18.9. The molecule has 0 spiro atoms. The summed E-state index contributed by atoms with van der Waals surface area (Å²) in [6.45, 7) is 4.09. The van der Waals surface area contributed by atoms with E-state index >= 15 is 0 Å². The van der Waals surface area contributed by atoms with Crippen LogP contribution in [0.2, 0.25) is 0 Å². The van der Waals surface area contributed by atoms with Gasteiger partial charge in [-0.05, 0) is 68.7 Å². The molecule has 1 aliphatic rings. The normalized spacial score (nSPS) is 16.2. The lowest BCUT2D eigenvalue weighted by Crippen LogP contribution is -2.47. The van der Waals surface area contributed by atoms with E-state index in [1.54, 1.807) is 43.0 Å². The smallest absolute Gasteiger partial charge is 0.264 e. The molecule has 0 radical (unpaired) electrons. The average molecular weight is 523 g/mol. The molecule has 194 valence electrons. The number of rotatable bonds is 7. The Morgan fingerprint density at radius 1 is 1.11 bits per heavy atom. The Hall–Kier alpha value is -3.83. The summed E-state index contributed by atoms with van der Waals surface area (Å²) in [5.74, 6) is -0.199. The van der Waals surface area contributed by atoms with Gasteiger partial charge in [0, 0.05) is 54.6 Å². The first-order valence-electron chi connectivity index (χ1n) is 11.8. The standard InChI is InChI=1S/C26H30N6O4S/c1-17(27)21(18(2)28)16-26(34)10-14-32(15-11-26)25(33)19-6-8-20(9-7-19)31-37(35,36)23-5-3-4-22-24(23)30-13-12-29-22/h3-9,12-13,27,31,34H,10-11,14-16,28H2,1-2H3/b21-18-,27-17?. The predicted octanol–water partition coefficient (Wildman–Crippen LogP) is 3.06. The van der Waals surface area contributed by atoms with Crippen LogP contribution in [-0.4, -0.2) is 58.7 Å². The van der Waals surface area contributed by atoms with Gasteiger partial charge in [0.1, 0.15) is 10.4 Å². The summed E-state index contributed by atoms with van der Waals surface area (Å²) < 4.78 is 28.5. The van der Waals surface area contributed by atoms with Crippen molar-refractivity contribution in [3.05, 3.63) is 71.7 Å². The van der Waals surface area contributed by atoms with Crippen molar-refractivity contribution in [3.63, 3.8) is 0 Å². The fourth-order valence-electron chi connectivity index (χ4n) is 4.46. The van der Waals surface area contributed by atoms with Crippen molar-refractivity contribution in [3.8, 4) is 0 Å². The molecule has 37 heavy (non-hydrogen) atoms. The third-order valence-corrected chi connectivity index (χ3v) is 7.96. The fraction of sp³-hybridized carbons (Fsp3) is 0.308. The van der Waals surface area contributed by atoms with E-state index in [1.807, 2.05) is 0 Å². The molecule has 0 saturated carbocycles. The van der Waals surface area contributed by atoms with E-state index < -0.39 is 15.6 Å². The SMILES string of the molecule is CC(=N)/C(CC1(O)CCN(C(=O)c2ccc(NS(=O)(=O)c3cccc4nccnc34)cc2)CC1)=C(/C)N. The van der Waals surface area contributed by atoms with Crippen LogP contribution in [0.3, 0.4) is 0 Å². The van der Waals surface area contributed by atoms with Crippen molar-refractivity contribution in [2.24, 2.45) is 5.73 Å². The molecular formula is C26H30N6O4S. The Kier molecular flexibility index (Phi) is 7.28. The number of sulfonamides is 1. The number of benzene rings is 2. The zero-order chi connectivity index (χ0) is 26.8. The van der Waals surface area contributed by atoms with Crippen molar-refractivity contribution in [2.45, 2.75) is 43.6 Å². The van der Waals surface area contributed by atoms with Crippen LogP contribution >= 0.6 is 0 Å². The van der Waals surface area contributed by atoms with Gasteiger partial charge in [-0.2, -0.15) is 0 Å². The Bertz CT molecular complexity index is 1470. The number of amides is 1. The molecule has 1 aliphatic heterocycles. The van der Waals surface area contributed by atoms with Gasteiger partial charge in [0.05, 0.1) is 11.1 Å². The third kappa shape index (κ3) is 5.78. The molecule has 2 heterocycles. The predicted molar refractivity (Wildman–Crippen MR) is 142 cm³/mol. The van der Waals surface area contributed by atoms with Crippen LogP contribution in [0.25, 0.3) is 11.0 Å². The number of allylic oxidation sites excluding steroid dienone is 1. The monoisotopic (exact) mass is 522 g/mol. The number of carbonyl (C=O) groups is 1. The number of aromatic nitrogens is 2. The highest BCUT2D eigenvalue weighted by molar-refractivity contribution is 7.93. The van der Waals surface area contributed by atoms with Crippen LogP contribution in [0, 0.1) is 5.41 Å². The van der Waals surface area contributed by atoms with Crippen molar-refractivity contribution >= 4 is 38.4 Å². The highest BCUT2D eigenvalue weighted by Gasteiger charge is 2.35. The van der Waals surface area contributed by atoms with Gasteiger partial charge in [-0.3, -0.25) is 19.5 Å². The first kappa shape index (κ1) is 26.2. The number of nitrogens with one attached hydrogen (secondary N) is 2.